The van der Waals surface area contributed by atoms with Crippen LogP contribution in [0.2, 0.25) is 0 Å². The molecule has 1 aliphatic heterocycles. The summed E-state index contributed by atoms with van der Waals surface area (Å²) in [6.45, 7) is 0. The Bertz CT molecular complexity index is 1960. The molecular formula is C35H27ClN3O10P3. The van der Waals surface area contributed by atoms with Crippen LogP contribution in [0, 0.1) is 0 Å². The second kappa shape index (κ2) is 15.6. The molecule has 0 aromatic heterocycles. The van der Waals surface area contributed by atoms with Crippen molar-refractivity contribution in [1.29, 1.82) is 0 Å². The molecule has 5 aromatic rings. The van der Waals surface area contributed by atoms with Crippen molar-refractivity contribution in [3.63, 3.8) is 0 Å². The van der Waals surface area contributed by atoms with Crippen molar-refractivity contribution < 1.29 is 46.6 Å². The average Bonchev–Trinajstić information content (AvgIpc) is 3.18. The van der Waals surface area contributed by atoms with E-state index in [9.17, 15) is 24.0 Å². The van der Waals surface area contributed by atoms with Gasteiger partial charge < -0.3 is 0 Å². The Balaban J connectivity index is 1.60. The summed E-state index contributed by atoms with van der Waals surface area (Å²) in [7, 11) is -10.2. The molecule has 0 fully saturated rings. The molecule has 0 spiro atoms. The molecule has 1 aliphatic rings. The number of hydrogen-bond donors (Lipinski definition) is 1. The van der Waals surface area contributed by atoms with Crippen molar-refractivity contribution in [3.05, 3.63) is 149 Å². The normalized spacial score (nSPS) is 16.8. The van der Waals surface area contributed by atoms with Gasteiger partial charge in [0.1, 0.15) is 0 Å². The molecule has 17 heteroatoms. The van der Waals surface area contributed by atoms with Crippen LogP contribution in [0.1, 0.15) is 51.8 Å². The molecule has 13 nitrogen and oxygen atoms in total. The van der Waals surface area contributed by atoms with Crippen LogP contribution in [0.15, 0.2) is 126 Å². The first-order chi connectivity index (χ1) is 25.2. The fourth-order valence-corrected chi connectivity index (χ4v) is 14.7. The molecule has 5 aromatic carbocycles. The van der Waals surface area contributed by atoms with E-state index in [2.05, 4.69) is 4.86 Å². The molecule has 264 valence electrons. The van der Waals surface area contributed by atoms with Gasteiger partial charge >= 0.3 is 305 Å². The van der Waals surface area contributed by atoms with E-state index in [0.29, 0.717) is 59.2 Å². The maximum absolute atomic E-state index is 11.5. The third-order valence-electron chi connectivity index (χ3n) is 7.24. The third-order valence-corrected chi connectivity index (χ3v) is 17.0. The van der Waals surface area contributed by atoms with Crippen LogP contribution in [0.25, 0.3) is 0 Å². The van der Waals surface area contributed by atoms with Crippen molar-refractivity contribution >= 4 is 67.3 Å². The second-order valence-corrected chi connectivity index (χ2v) is 18.2. The van der Waals surface area contributed by atoms with Gasteiger partial charge in [-0.1, -0.05) is 0 Å². The molecule has 52 heavy (non-hydrogen) atoms. The number of rotatable bonds is 15. The minimum atomic E-state index is -5.47. The zero-order valence-electron chi connectivity index (χ0n) is 26.7. The van der Waals surface area contributed by atoms with Gasteiger partial charge in [0.2, 0.25) is 0 Å². The second-order valence-electron chi connectivity index (χ2n) is 10.8. The quantitative estimate of drug-likeness (QED) is 0.0611. The Morgan fingerprint density at radius 3 is 1.04 bits per heavy atom. The molecule has 0 radical (unpaired) electrons. The SMILES string of the molecule is O=Cc1ccc(OP2(Oc3ccc(C=O)cc3)=NPNP(Oc3ccc(C=O)cc3)(Oc3ccc(C=O)cc3)(Oc3ccc(C=O)cc3)N2Cl)cc1. The average molecular weight is 778 g/mol. The van der Waals surface area contributed by atoms with Crippen LogP contribution < -0.4 is 27.5 Å². The summed E-state index contributed by atoms with van der Waals surface area (Å²) in [5.74, 6) is 0.784. The molecule has 0 bridgehead atoms. The summed E-state index contributed by atoms with van der Waals surface area (Å²) < 4.78 is 39.3. The van der Waals surface area contributed by atoms with Crippen LogP contribution >= 0.6 is 35.9 Å². The molecule has 0 aliphatic carbocycles. The summed E-state index contributed by atoms with van der Waals surface area (Å²) in [6.07, 6.45) is 3.35. The summed E-state index contributed by atoms with van der Waals surface area (Å²) >= 11 is 7.54. The van der Waals surface area contributed by atoms with Gasteiger partial charge in [-0.25, -0.2) is 0 Å². The first-order valence-electron chi connectivity index (χ1n) is 15.1. The number of nitrogens with one attached hydrogen (secondary N) is 1. The number of nitrogens with zero attached hydrogens (tertiary/aromatic N) is 2. The van der Waals surface area contributed by atoms with E-state index < -0.39 is 24.1 Å². The topological polar surface area (TPSA) is 159 Å². The molecule has 1 heterocycles. The first-order valence-corrected chi connectivity index (χ1v) is 19.9. The third kappa shape index (κ3) is 7.66. The van der Waals surface area contributed by atoms with E-state index in [1.807, 2.05) is 0 Å². The van der Waals surface area contributed by atoms with Gasteiger partial charge in [-0.2, -0.15) is 0 Å². The van der Waals surface area contributed by atoms with Gasteiger partial charge in [0.05, 0.1) is 0 Å². The van der Waals surface area contributed by atoms with Crippen molar-refractivity contribution in [2.24, 2.45) is 4.52 Å². The summed E-state index contributed by atoms with van der Waals surface area (Å²) in [5, 5.41) is 0. The molecule has 6 rings (SSSR count). The Morgan fingerprint density at radius 1 is 0.500 bits per heavy atom. The monoisotopic (exact) mass is 777 g/mol. The first kappa shape index (κ1) is 36.5. The van der Waals surface area contributed by atoms with Crippen LogP contribution in [0.4, 0.5) is 0 Å². The molecule has 0 saturated heterocycles. The number of hydrogen-bond acceptors (Lipinski definition) is 13. The molecular weight excluding hydrogens is 751 g/mol. The van der Waals surface area contributed by atoms with Crippen molar-refractivity contribution in [2.45, 2.75) is 0 Å². The fourth-order valence-electron chi connectivity index (χ4n) is 4.66. The van der Waals surface area contributed by atoms with Crippen LogP contribution in [-0.2, 0) is 0 Å². The van der Waals surface area contributed by atoms with Gasteiger partial charge in [-0.15, -0.1) is 0 Å². The molecule has 1 unspecified atom stereocenters. The summed E-state index contributed by atoms with van der Waals surface area (Å²) in [6, 6.07) is 30.4. The molecule has 1 N–H and O–H groups in total. The number of halogens is 1. The Labute approximate surface area is 304 Å². The summed E-state index contributed by atoms with van der Waals surface area (Å²) in [4.78, 5) is 60.7. The van der Waals surface area contributed by atoms with Gasteiger partial charge in [-0.3, -0.25) is 0 Å². The van der Waals surface area contributed by atoms with Crippen molar-refractivity contribution in [3.8, 4) is 28.7 Å². The van der Waals surface area contributed by atoms with Crippen LogP contribution in [-0.4, -0.2) is 35.4 Å². The molecule has 0 amide bonds. The number of aldehydes is 5. The van der Waals surface area contributed by atoms with E-state index in [0.717, 1.165) is 3.96 Å². The van der Waals surface area contributed by atoms with Gasteiger partial charge in [-0.05, 0) is 0 Å². The van der Waals surface area contributed by atoms with Crippen LogP contribution in [0.5, 0.6) is 28.7 Å². The van der Waals surface area contributed by atoms with Crippen LogP contribution in [0.3, 0.4) is 0 Å². The zero-order valence-corrected chi connectivity index (χ0v) is 30.2. The van der Waals surface area contributed by atoms with Gasteiger partial charge in [0.15, 0.2) is 0 Å². The fraction of sp³-hybridized carbons (Fsp3) is 0. The number of carbonyl (C=O) groups excluding carboxylic acids is 5. The van der Waals surface area contributed by atoms with Crippen molar-refractivity contribution in [1.82, 2.24) is 8.82 Å². The Hall–Kier alpha value is -5.25. The standard InChI is InChI=1S/C35H27ClN3O10P3/c36-39-51(45-31-11-1-26(21-40)2-12-31,46-32-13-3-27(22-41)4-14-32)37-50-38-52(39,47-33-15-5-28(23-42)6-16-33,48-34-17-7-29(24-43)8-18-34)49-35-19-9-30(25-44)10-20-35/h1-25,38,50H. The summed E-state index contributed by atoms with van der Waals surface area (Å²) in [5.41, 5.74) is 1.82. The minimum absolute atomic E-state index is 0.130. The zero-order chi connectivity index (χ0) is 36.6. The van der Waals surface area contributed by atoms with Gasteiger partial charge in [0.25, 0.3) is 0 Å². The Morgan fingerprint density at radius 2 is 0.769 bits per heavy atom. The Kier molecular flexibility index (Phi) is 10.9. The van der Waals surface area contributed by atoms with E-state index in [1.165, 1.54) is 121 Å². The van der Waals surface area contributed by atoms with E-state index in [4.69, 9.17) is 38.9 Å². The predicted molar refractivity (Wildman–Crippen MR) is 198 cm³/mol. The number of benzene rings is 5. The van der Waals surface area contributed by atoms with E-state index in [1.54, 1.807) is 0 Å². The molecule has 1 atom stereocenters. The molecule has 0 saturated carbocycles. The van der Waals surface area contributed by atoms with Crippen molar-refractivity contribution in [2.75, 3.05) is 0 Å². The predicted octanol–water partition coefficient (Wildman–Crippen LogP) is 9.09. The van der Waals surface area contributed by atoms with E-state index >= 15 is 0 Å². The maximum atomic E-state index is 11.5. The van der Waals surface area contributed by atoms with E-state index in [-0.39, 0.29) is 28.7 Å². The number of carbonyl (C=O) groups is 5. The van der Waals surface area contributed by atoms with Gasteiger partial charge in [0, 0.05) is 0 Å².